The fraction of sp³-hybridized carbons (Fsp3) is 0.133. The molecule has 184 valence electrons. The summed E-state index contributed by atoms with van der Waals surface area (Å²) in [6, 6.07) is 22.9. The van der Waals surface area contributed by atoms with E-state index >= 15 is 0 Å². The highest BCUT2D eigenvalue weighted by Gasteiger charge is 2.25. The van der Waals surface area contributed by atoms with Crippen molar-refractivity contribution in [2.75, 3.05) is 0 Å². The molecular formula is C30H22Cl2N2O3. The molecular weight excluding hydrogens is 507 g/mol. The Hall–Kier alpha value is -3.80. The highest BCUT2D eigenvalue weighted by Crippen LogP contribution is 2.45. The number of hydrogen-bond acceptors (Lipinski definition) is 5. The normalized spacial score (nSPS) is 12.0. The number of hydrogen-bond donors (Lipinski definition) is 1. The quantitative estimate of drug-likeness (QED) is 0.247. The molecule has 0 aliphatic rings. The van der Waals surface area contributed by atoms with Gasteiger partial charge in [-0.2, -0.15) is 4.98 Å². The van der Waals surface area contributed by atoms with Crippen LogP contribution >= 0.6 is 23.2 Å². The molecule has 1 N–H and O–H groups in total. The molecule has 0 aliphatic heterocycles. The first-order valence-corrected chi connectivity index (χ1v) is 12.5. The Kier molecular flexibility index (Phi) is 5.51. The Bertz CT molecular complexity index is 1790. The van der Waals surface area contributed by atoms with E-state index in [1.54, 1.807) is 18.2 Å². The summed E-state index contributed by atoms with van der Waals surface area (Å²) in [6.07, 6.45) is 0. The molecule has 0 saturated heterocycles. The second kappa shape index (κ2) is 8.65. The van der Waals surface area contributed by atoms with Gasteiger partial charge in [-0.05, 0) is 41.3 Å². The van der Waals surface area contributed by atoms with Crippen molar-refractivity contribution >= 4 is 45.1 Å². The van der Waals surface area contributed by atoms with Crippen LogP contribution in [0.3, 0.4) is 0 Å². The maximum atomic E-state index is 11.6. The molecule has 0 fully saturated rings. The van der Waals surface area contributed by atoms with Crippen LogP contribution in [0.15, 0.2) is 81.7 Å². The van der Waals surface area contributed by atoms with E-state index < -0.39 is 0 Å². The van der Waals surface area contributed by atoms with Crippen molar-refractivity contribution in [2.24, 2.45) is 0 Å². The zero-order chi connectivity index (χ0) is 25.9. The van der Waals surface area contributed by atoms with Crippen LogP contribution in [0.1, 0.15) is 26.3 Å². The van der Waals surface area contributed by atoms with Gasteiger partial charge < -0.3 is 14.0 Å². The van der Waals surface area contributed by atoms with Crippen molar-refractivity contribution in [1.82, 2.24) is 10.1 Å². The minimum absolute atomic E-state index is 0.0152. The van der Waals surface area contributed by atoms with Gasteiger partial charge in [-0.25, -0.2) is 0 Å². The standard InChI is InChI=1S/C30H22Cl2N2O3/c1-30(2,3)16-14-20(19-10-6-9-18-17-8-4-5-13-24(17)36-27(18)19)26(35)21(15-16)29-33-28(34-37-29)25-22(31)11-7-12-23(25)32/h4-15,35H,1-3H3. The van der Waals surface area contributed by atoms with Gasteiger partial charge in [0.25, 0.3) is 5.89 Å². The van der Waals surface area contributed by atoms with Gasteiger partial charge >= 0.3 is 0 Å². The Morgan fingerprint density at radius 1 is 0.784 bits per heavy atom. The number of rotatable bonds is 3. The largest absolute Gasteiger partial charge is 0.506 e. The Morgan fingerprint density at radius 2 is 1.46 bits per heavy atom. The van der Waals surface area contributed by atoms with Crippen LogP contribution in [0, 0.1) is 0 Å². The van der Waals surface area contributed by atoms with Gasteiger partial charge in [0.1, 0.15) is 16.9 Å². The van der Waals surface area contributed by atoms with Crippen molar-refractivity contribution in [3.63, 3.8) is 0 Å². The van der Waals surface area contributed by atoms with Crippen LogP contribution in [0.4, 0.5) is 0 Å². The molecule has 0 saturated carbocycles. The summed E-state index contributed by atoms with van der Waals surface area (Å²) in [7, 11) is 0. The first-order valence-electron chi connectivity index (χ1n) is 11.8. The predicted molar refractivity (Wildman–Crippen MR) is 148 cm³/mol. The lowest BCUT2D eigenvalue weighted by Gasteiger charge is -2.22. The topological polar surface area (TPSA) is 72.3 Å². The van der Waals surface area contributed by atoms with E-state index in [9.17, 15) is 5.11 Å². The maximum Gasteiger partial charge on any atom is 0.262 e. The summed E-state index contributed by atoms with van der Waals surface area (Å²) in [5, 5.41) is 18.5. The van der Waals surface area contributed by atoms with Crippen molar-refractivity contribution in [2.45, 2.75) is 26.2 Å². The third-order valence-electron chi connectivity index (χ3n) is 6.51. The number of fused-ring (bicyclic) bond motifs is 3. The molecule has 37 heavy (non-hydrogen) atoms. The highest BCUT2D eigenvalue weighted by molar-refractivity contribution is 6.39. The summed E-state index contributed by atoms with van der Waals surface area (Å²) in [5.41, 5.74) is 4.51. The molecule has 7 heteroatoms. The van der Waals surface area contributed by atoms with Crippen molar-refractivity contribution in [1.29, 1.82) is 0 Å². The van der Waals surface area contributed by atoms with E-state index in [4.69, 9.17) is 32.1 Å². The first kappa shape index (κ1) is 23.6. The molecule has 2 heterocycles. The van der Waals surface area contributed by atoms with Gasteiger partial charge in [0.2, 0.25) is 5.82 Å². The number of para-hydroxylation sites is 2. The zero-order valence-electron chi connectivity index (χ0n) is 20.3. The molecule has 0 spiro atoms. The number of phenolic OH excluding ortho intramolecular Hbond substituents is 1. The summed E-state index contributed by atoms with van der Waals surface area (Å²) in [5.74, 6) is 0.418. The first-order chi connectivity index (χ1) is 17.7. The van der Waals surface area contributed by atoms with E-state index in [1.165, 1.54) is 0 Å². The lowest BCUT2D eigenvalue weighted by atomic mass is 9.83. The predicted octanol–water partition coefficient (Wildman–Crippen LogP) is 9.28. The third kappa shape index (κ3) is 3.95. The molecule has 0 radical (unpaired) electrons. The molecule has 2 aromatic heterocycles. The van der Waals surface area contributed by atoms with Crippen LogP contribution in [-0.4, -0.2) is 15.2 Å². The highest BCUT2D eigenvalue weighted by atomic mass is 35.5. The van der Waals surface area contributed by atoms with Gasteiger partial charge in [0.15, 0.2) is 0 Å². The number of furan rings is 1. The molecule has 6 aromatic rings. The number of aromatic nitrogens is 2. The smallest absolute Gasteiger partial charge is 0.262 e. The molecule has 5 nitrogen and oxygen atoms in total. The number of nitrogens with zero attached hydrogens (tertiary/aromatic N) is 2. The fourth-order valence-electron chi connectivity index (χ4n) is 4.54. The fourth-order valence-corrected chi connectivity index (χ4v) is 5.11. The number of benzene rings is 4. The number of phenols is 1. The number of aromatic hydroxyl groups is 1. The van der Waals surface area contributed by atoms with Gasteiger partial charge in [0, 0.05) is 21.9 Å². The van der Waals surface area contributed by atoms with E-state index in [-0.39, 0.29) is 22.9 Å². The second-order valence-corrected chi connectivity index (χ2v) is 10.8. The van der Waals surface area contributed by atoms with Crippen LogP contribution < -0.4 is 0 Å². The summed E-state index contributed by atoms with van der Waals surface area (Å²) >= 11 is 12.7. The number of halogens is 2. The molecule has 0 bridgehead atoms. The van der Waals surface area contributed by atoms with Crippen molar-refractivity contribution in [3.8, 4) is 39.7 Å². The van der Waals surface area contributed by atoms with E-state index in [1.807, 2.05) is 54.6 Å². The van der Waals surface area contributed by atoms with Crippen LogP contribution in [-0.2, 0) is 5.41 Å². The van der Waals surface area contributed by atoms with Gasteiger partial charge in [-0.3, -0.25) is 0 Å². The van der Waals surface area contributed by atoms with Gasteiger partial charge in [0.05, 0.1) is 21.2 Å². The van der Waals surface area contributed by atoms with Crippen molar-refractivity contribution < 1.29 is 14.0 Å². The molecule has 0 atom stereocenters. The van der Waals surface area contributed by atoms with E-state index in [0.717, 1.165) is 27.5 Å². The molecule has 0 unspecified atom stereocenters. The average molecular weight is 529 g/mol. The van der Waals surface area contributed by atoms with Crippen LogP contribution in [0.5, 0.6) is 5.75 Å². The Balaban J connectivity index is 1.59. The Labute approximate surface area is 223 Å². The minimum atomic E-state index is -0.228. The monoisotopic (exact) mass is 528 g/mol. The van der Waals surface area contributed by atoms with Gasteiger partial charge in [-0.1, -0.05) is 91.6 Å². The SMILES string of the molecule is CC(C)(C)c1cc(-c2nc(-c3c(Cl)cccc3Cl)no2)c(O)c(-c2cccc3c2oc2ccccc23)c1. The summed E-state index contributed by atoms with van der Waals surface area (Å²) in [6.45, 7) is 6.33. The average Bonchev–Trinajstić information content (AvgIpc) is 3.48. The Morgan fingerprint density at radius 3 is 2.22 bits per heavy atom. The molecule has 6 rings (SSSR count). The minimum Gasteiger partial charge on any atom is -0.506 e. The van der Waals surface area contributed by atoms with Crippen LogP contribution in [0.2, 0.25) is 10.0 Å². The lowest BCUT2D eigenvalue weighted by molar-refractivity contribution is 0.425. The van der Waals surface area contributed by atoms with E-state index in [0.29, 0.717) is 32.3 Å². The molecule has 4 aromatic carbocycles. The summed E-state index contributed by atoms with van der Waals surface area (Å²) in [4.78, 5) is 4.56. The molecule has 0 aliphatic carbocycles. The van der Waals surface area contributed by atoms with Gasteiger partial charge in [-0.15, -0.1) is 0 Å². The molecule has 0 amide bonds. The zero-order valence-corrected chi connectivity index (χ0v) is 21.9. The third-order valence-corrected chi connectivity index (χ3v) is 7.14. The van der Waals surface area contributed by atoms with Crippen LogP contribution in [0.25, 0.3) is 55.9 Å². The van der Waals surface area contributed by atoms with E-state index in [2.05, 4.69) is 30.9 Å². The lowest BCUT2D eigenvalue weighted by Crippen LogP contribution is -2.11. The maximum absolute atomic E-state index is 11.6. The second-order valence-electron chi connectivity index (χ2n) is 9.97. The van der Waals surface area contributed by atoms with Crippen molar-refractivity contribution in [3.05, 3.63) is 88.4 Å². The summed E-state index contributed by atoms with van der Waals surface area (Å²) < 4.78 is 11.9.